The van der Waals surface area contributed by atoms with E-state index in [-0.39, 0.29) is 42.7 Å². The monoisotopic (exact) mass is 449 g/mol. The van der Waals surface area contributed by atoms with Crippen LogP contribution in [0.2, 0.25) is 0 Å². The largest absolute Gasteiger partial charge is 0.493 e. The van der Waals surface area contributed by atoms with E-state index >= 15 is 0 Å². The Morgan fingerprint density at radius 2 is 1.97 bits per heavy atom. The van der Waals surface area contributed by atoms with Crippen LogP contribution in [0, 0.1) is 5.92 Å². The maximum atomic E-state index is 12.6. The number of methoxy groups -OCH3 is 2. The summed E-state index contributed by atoms with van der Waals surface area (Å²) < 4.78 is 16.3. The Balaban J connectivity index is 0.00000210. The number of benzene rings is 1. The molecule has 9 heteroatoms. The van der Waals surface area contributed by atoms with E-state index in [1.165, 1.54) is 0 Å². The first-order valence-corrected chi connectivity index (χ1v) is 9.75. The summed E-state index contributed by atoms with van der Waals surface area (Å²) in [6.07, 6.45) is 2.01. The van der Waals surface area contributed by atoms with E-state index in [1.807, 2.05) is 12.1 Å². The Hall–Kier alpha value is -1.25. The molecule has 2 N–H and O–H groups in total. The number of hydrogen-bond acceptors (Lipinski definition) is 6. The van der Waals surface area contributed by atoms with E-state index in [2.05, 4.69) is 21.6 Å². The first-order chi connectivity index (χ1) is 13.2. The minimum Gasteiger partial charge on any atom is -0.493 e. The van der Waals surface area contributed by atoms with E-state index in [0.29, 0.717) is 31.3 Å². The fraction of sp³-hybridized carbons (Fsp3) is 0.650. The molecule has 2 unspecified atom stereocenters. The molecule has 1 aromatic rings. The summed E-state index contributed by atoms with van der Waals surface area (Å²) >= 11 is 0. The highest BCUT2D eigenvalue weighted by Crippen LogP contribution is 2.32. The quantitative estimate of drug-likeness (QED) is 0.663. The highest BCUT2D eigenvalue weighted by Gasteiger charge is 2.26. The molecule has 2 heterocycles. The predicted octanol–water partition coefficient (Wildman–Crippen LogP) is 2.04. The van der Waals surface area contributed by atoms with Gasteiger partial charge < -0.3 is 24.8 Å². The number of nitrogens with one attached hydrogen (secondary N) is 2. The molecule has 7 nitrogen and oxygen atoms in total. The predicted molar refractivity (Wildman–Crippen MR) is 118 cm³/mol. The molecule has 0 bridgehead atoms. The Morgan fingerprint density at radius 3 is 2.59 bits per heavy atom. The van der Waals surface area contributed by atoms with Crippen LogP contribution < -0.4 is 20.1 Å². The van der Waals surface area contributed by atoms with Crippen LogP contribution in [0.15, 0.2) is 18.2 Å². The Morgan fingerprint density at radius 1 is 1.24 bits per heavy atom. The van der Waals surface area contributed by atoms with Crippen molar-refractivity contribution in [1.82, 2.24) is 15.5 Å². The third-order valence-electron chi connectivity index (χ3n) is 5.42. The molecule has 2 fully saturated rings. The number of carbonyl (C=O) groups excluding carboxylic acids is 1. The van der Waals surface area contributed by atoms with Crippen molar-refractivity contribution in [2.24, 2.45) is 5.92 Å². The zero-order valence-corrected chi connectivity index (χ0v) is 18.8. The van der Waals surface area contributed by atoms with Crippen molar-refractivity contribution in [3.8, 4) is 11.5 Å². The Kier molecular flexibility index (Phi) is 11.7. The van der Waals surface area contributed by atoms with E-state index in [9.17, 15) is 4.79 Å². The van der Waals surface area contributed by atoms with Crippen LogP contribution in [0.5, 0.6) is 11.5 Å². The molecule has 0 radical (unpaired) electrons. The first-order valence-electron chi connectivity index (χ1n) is 9.75. The third kappa shape index (κ3) is 6.89. The molecule has 166 valence electrons. The zero-order chi connectivity index (χ0) is 19.1. The number of piperidine rings is 1. The molecule has 0 aliphatic carbocycles. The molecule has 3 rings (SSSR count). The van der Waals surface area contributed by atoms with Gasteiger partial charge in [0.05, 0.1) is 39.4 Å². The van der Waals surface area contributed by atoms with Gasteiger partial charge in [-0.25, -0.2) is 0 Å². The second-order valence-electron chi connectivity index (χ2n) is 7.07. The molecule has 29 heavy (non-hydrogen) atoms. The molecule has 2 saturated heterocycles. The number of halogens is 2. The minimum atomic E-state index is 0. The summed E-state index contributed by atoms with van der Waals surface area (Å²) in [5.74, 6) is 1.62. The van der Waals surface area contributed by atoms with Crippen LogP contribution in [-0.4, -0.2) is 71.0 Å². The van der Waals surface area contributed by atoms with Gasteiger partial charge in [0.2, 0.25) is 5.91 Å². The fourth-order valence-corrected chi connectivity index (χ4v) is 3.82. The van der Waals surface area contributed by atoms with Crippen molar-refractivity contribution in [2.75, 3.05) is 60.2 Å². The van der Waals surface area contributed by atoms with Crippen LogP contribution in [-0.2, 0) is 9.53 Å². The fourth-order valence-electron chi connectivity index (χ4n) is 3.82. The molecule has 0 saturated carbocycles. The van der Waals surface area contributed by atoms with Gasteiger partial charge in [0.25, 0.3) is 0 Å². The second kappa shape index (κ2) is 13.1. The van der Waals surface area contributed by atoms with Gasteiger partial charge in [0.1, 0.15) is 0 Å². The summed E-state index contributed by atoms with van der Waals surface area (Å²) in [5, 5.41) is 6.49. The van der Waals surface area contributed by atoms with Gasteiger partial charge in [-0.05, 0) is 37.1 Å². The Labute approximate surface area is 185 Å². The van der Waals surface area contributed by atoms with Gasteiger partial charge in [-0.3, -0.25) is 9.69 Å². The van der Waals surface area contributed by atoms with Crippen molar-refractivity contribution in [1.29, 1.82) is 0 Å². The molecule has 1 aromatic carbocycles. The summed E-state index contributed by atoms with van der Waals surface area (Å²) in [4.78, 5) is 15.0. The van der Waals surface area contributed by atoms with Gasteiger partial charge in [-0.1, -0.05) is 6.07 Å². The summed E-state index contributed by atoms with van der Waals surface area (Å²) in [7, 11) is 3.28. The number of nitrogens with zero attached hydrogens (tertiary/aromatic N) is 1. The van der Waals surface area contributed by atoms with Gasteiger partial charge >= 0.3 is 0 Å². The van der Waals surface area contributed by atoms with E-state index in [4.69, 9.17) is 14.2 Å². The van der Waals surface area contributed by atoms with Crippen molar-refractivity contribution in [3.63, 3.8) is 0 Å². The molecule has 2 aliphatic heterocycles. The molecule has 0 aromatic heterocycles. The van der Waals surface area contributed by atoms with Gasteiger partial charge in [-0.2, -0.15) is 0 Å². The zero-order valence-electron chi connectivity index (χ0n) is 17.1. The van der Waals surface area contributed by atoms with Crippen molar-refractivity contribution >= 4 is 30.7 Å². The molecule has 2 atom stereocenters. The van der Waals surface area contributed by atoms with Crippen LogP contribution in [0.4, 0.5) is 0 Å². The Bertz CT molecular complexity index is 624. The van der Waals surface area contributed by atoms with Gasteiger partial charge in [0.15, 0.2) is 11.5 Å². The van der Waals surface area contributed by atoms with E-state index < -0.39 is 0 Å². The molecular weight excluding hydrogens is 417 g/mol. The van der Waals surface area contributed by atoms with Crippen LogP contribution >= 0.6 is 24.8 Å². The number of hydrogen-bond donors (Lipinski definition) is 2. The number of morpholine rings is 1. The number of ether oxygens (including phenoxy) is 3. The standard InChI is InChI=1S/C20H31N3O4.2ClH/c1-25-18-6-5-15(12-19(18)26-2)17(23-8-10-27-11-9-23)14-22-20(24)16-4-3-7-21-13-16;;/h5-6,12,16-17,21H,3-4,7-11,13-14H2,1-2H3,(H,22,24);2*1H. The molecule has 1 amide bonds. The third-order valence-corrected chi connectivity index (χ3v) is 5.42. The van der Waals surface area contributed by atoms with Crippen LogP contribution in [0.3, 0.4) is 0 Å². The summed E-state index contributed by atoms with van der Waals surface area (Å²) in [5.41, 5.74) is 1.11. The lowest BCUT2D eigenvalue weighted by atomic mass is 9.98. The average Bonchev–Trinajstić information content (AvgIpc) is 2.75. The van der Waals surface area contributed by atoms with Crippen LogP contribution in [0.1, 0.15) is 24.4 Å². The highest BCUT2D eigenvalue weighted by molar-refractivity contribution is 5.85. The van der Waals surface area contributed by atoms with Crippen molar-refractivity contribution in [2.45, 2.75) is 18.9 Å². The lowest BCUT2D eigenvalue weighted by Crippen LogP contribution is -2.46. The highest BCUT2D eigenvalue weighted by atomic mass is 35.5. The molecular formula is C20H33Cl2N3O4. The van der Waals surface area contributed by atoms with E-state index in [0.717, 1.165) is 44.6 Å². The lowest BCUT2D eigenvalue weighted by molar-refractivity contribution is -0.125. The number of rotatable bonds is 7. The maximum absolute atomic E-state index is 12.6. The smallest absolute Gasteiger partial charge is 0.224 e. The van der Waals surface area contributed by atoms with Gasteiger partial charge in [0, 0.05) is 26.2 Å². The molecule has 0 spiro atoms. The SMILES string of the molecule is COc1ccc(C(CNC(=O)C2CCCNC2)N2CCOCC2)cc1OC.Cl.Cl. The lowest BCUT2D eigenvalue weighted by Gasteiger charge is -2.35. The normalized spacial score (nSPS) is 20.6. The molecule has 2 aliphatic rings. The topological polar surface area (TPSA) is 72.1 Å². The minimum absolute atomic E-state index is 0. The van der Waals surface area contributed by atoms with Crippen molar-refractivity contribution < 1.29 is 19.0 Å². The second-order valence-corrected chi connectivity index (χ2v) is 7.07. The first kappa shape index (κ1) is 25.8. The summed E-state index contributed by atoms with van der Waals surface area (Å²) in [6, 6.07) is 6.06. The van der Waals surface area contributed by atoms with Crippen molar-refractivity contribution in [3.05, 3.63) is 23.8 Å². The number of amides is 1. The van der Waals surface area contributed by atoms with Gasteiger partial charge in [-0.15, -0.1) is 24.8 Å². The number of carbonyl (C=O) groups is 1. The van der Waals surface area contributed by atoms with E-state index in [1.54, 1.807) is 14.2 Å². The maximum Gasteiger partial charge on any atom is 0.224 e. The van der Waals surface area contributed by atoms with Crippen LogP contribution in [0.25, 0.3) is 0 Å². The summed E-state index contributed by atoms with van der Waals surface area (Å²) in [6.45, 7) is 5.47. The average molecular weight is 450 g/mol.